The van der Waals surface area contributed by atoms with Gasteiger partial charge in [-0.2, -0.15) is 0 Å². The Bertz CT molecular complexity index is 2040. The Morgan fingerprint density at radius 2 is 1.64 bits per heavy atom. The molecule has 1 aromatic carbocycles. The molecule has 1 saturated heterocycles. The van der Waals surface area contributed by atoms with Crippen LogP contribution in [0.1, 0.15) is 96.3 Å². The smallest absolute Gasteiger partial charge is 0.306 e. The van der Waals surface area contributed by atoms with Gasteiger partial charge in [-0.1, -0.05) is 43.5 Å². The maximum absolute atomic E-state index is 14.9. The van der Waals surface area contributed by atoms with Gasteiger partial charge in [0.05, 0.1) is 24.1 Å². The Hall–Kier alpha value is -4.20. The van der Waals surface area contributed by atoms with Crippen LogP contribution in [-0.2, 0) is 40.5 Å². The van der Waals surface area contributed by atoms with Gasteiger partial charge in [-0.3, -0.25) is 33.3 Å². The first-order valence-electron chi connectivity index (χ1n) is 20.3. The Morgan fingerprint density at radius 1 is 0.909 bits per heavy atom. The number of pyridine rings is 1. The molecule has 2 N–H and O–H groups in total. The maximum Gasteiger partial charge on any atom is 0.306 e. The monoisotopic (exact) mass is 776 g/mol. The predicted molar refractivity (Wildman–Crippen MR) is 203 cm³/mol. The lowest BCUT2D eigenvalue weighted by Gasteiger charge is -2.31. The topological polar surface area (TPSA) is 170 Å². The maximum atomic E-state index is 14.9. The second-order valence-corrected chi connectivity index (χ2v) is 18.7. The highest BCUT2D eigenvalue weighted by atomic mass is 32.2. The molecule has 1 aromatic heterocycles. The summed E-state index contributed by atoms with van der Waals surface area (Å²) in [7, 11) is -3.89. The van der Waals surface area contributed by atoms with Crippen molar-refractivity contribution in [3.05, 3.63) is 53.3 Å². The van der Waals surface area contributed by atoms with E-state index in [1.54, 1.807) is 10.6 Å². The van der Waals surface area contributed by atoms with Crippen molar-refractivity contribution in [2.75, 3.05) is 6.54 Å². The molecule has 7 atom stereocenters. The number of hydrogen-bond donors (Lipinski definition) is 2. The van der Waals surface area contributed by atoms with E-state index in [1.165, 1.54) is 11.0 Å². The number of aromatic nitrogens is 1. The molecule has 5 fully saturated rings. The number of benzene rings is 1. The van der Waals surface area contributed by atoms with Gasteiger partial charge in [-0.25, -0.2) is 8.42 Å². The molecule has 13 nitrogen and oxygen atoms in total. The van der Waals surface area contributed by atoms with Gasteiger partial charge >= 0.3 is 5.97 Å². The molecule has 296 valence electrons. The number of hydrogen-bond acceptors (Lipinski definition) is 9. The zero-order chi connectivity index (χ0) is 38.5. The normalized spacial score (nSPS) is 31.8. The average Bonchev–Trinajstić information content (AvgIpc) is 3.95. The van der Waals surface area contributed by atoms with Crippen molar-refractivity contribution in [3.8, 4) is 5.88 Å². The van der Waals surface area contributed by atoms with E-state index in [4.69, 9.17) is 9.47 Å². The zero-order valence-corrected chi connectivity index (χ0v) is 32.1. The van der Waals surface area contributed by atoms with E-state index in [1.807, 2.05) is 24.3 Å². The van der Waals surface area contributed by atoms with E-state index in [-0.39, 0.29) is 55.2 Å². The number of fused-ring (bicyclic) bond motifs is 5. The highest BCUT2D eigenvalue weighted by molar-refractivity contribution is 7.91. The molecule has 0 spiro atoms. The van der Waals surface area contributed by atoms with Crippen LogP contribution < -0.4 is 20.3 Å². The number of sulfonamides is 1. The minimum absolute atomic E-state index is 0.0149. The van der Waals surface area contributed by atoms with E-state index in [2.05, 4.69) is 16.6 Å². The van der Waals surface area contributed by atoms with Crippen molar-refractivity contribution in [1.29, 1.82) is 0 Å². The zero-order valence-electron chi connectivity index (χ0n) is 31.3. The molecule has 2 aliphatic heterocycles. The van der Waals surface area contributed by atoms with E-state index in [0.717, 1.165) is 57.8 Å². The average molecular weight is 777 g/mol. The van der Waals surface area contributed by atoms with Gasteiger partial charge in [0.2, 0.25) is 21.8 Å². The van der Waals surface area contributed by atoms with E-state index >= 15 is 0 Å². The molecule has 6 aliphatic rings. The van der Waals surface area contributed by atoms with Crippen LogP contribution in [-0.4, -0.2) is 77.2 Å². The third kappa shape index (κ3) is 7.55. The molecule has 0 radical (unpaired) electrons. The predicted octanol–water partition coefficient (Wildman–Crippen LogP) is 4.11. The summed E-state index contributed by atoms with van der Waals surface area (Å²) < 4.78 is 42.1. The van der Waals surface area contributed by atoms with Crippen molar-refractivity contribution in [2.24, 2.45) is 23.7 Å². The van der Waals surface area contributed by atoms with Gasteiger partial charge < -0.3 is 19.7 Å². The lowest BCUT2D eigenvalue weighted by molar-refractivity contribution is -0.156. The molecular formula is C41H52N4O9S. The molecule has 4 saturated carbocycles. The fraction of sp³-hybridized carbons (Fsp3) is 0.634. The highest BCUT2D eigenvalue weighted by Gasteiger charge is 2.62. The van der Waals surface area contributed by atoms with Crippen molar-refractivity contribution < 1.29 is 37.1 Å². The number of amides is 3. The Labute approximate surface area is 321 Å². The number of carbonyl (C=O) groups excluding carboxylic acids is 4. The Balaban J connectivity index is 1.14. The first kappa shape index (κ1) is 37.7. The van der Waals surface area contributed by atoms with Gasteiger partial charge in [0, 0.05) is 30.3 Å². The molecule has 4 aliphatic carbocycles. The fourth-order valence-corrected chi connectivity index (χ4v) is 11.1. The molecular weight excluding hydrogens is 725 g/mol. The summed E-state index contributed by atoms with van der Waals surface area (Å²) in [4.78, 5) is 72.0. The highest BCUT2D eigenvalue weighted by Crippen LogP contribution is 2.46. The van der Waals surface area contributed by atoms with Gasteiger partial charge in [0.1, 0.15) is 23.8 Å². The molecule has 14 heteroatoms. The second-order valence-electron chi connectivity index (χ2n) is 16.8. The third-order valence-electron chi connectivity index (χ3n) is 13.1. The molecule has 55 heavy (non-hydrogen) atoms. The Morgan fingerprint density at radius 3 is 2.38 bits per heavy atom. The van der Waals surface area contributed by atoms with Gasteiger partial charge in [0.15, 0.2) is 5.88 Å². The first-order chi connectivity index (χ1) is 26.5. The minimum atomic E-state index is -3.89. The van der Waals surface area contributed by atoms with Gasteiger partial charge in [-0.05, 0) is 87.5 Å². The van der Waals surface area contributed by atoms with Crippen LogP contribution in [0.15, 0.2) is 47.8 Å². The summed E-state index contributed by atoms with van der Waals surface area (Å²) in [6.45, 7) is 4.23. The first-order valence-corrected chi connectivity index (χ1v) is 21.8. The van der Waals surface area contributed by atoms with E-state index < -0.39 is 62.6 Å². The number of nitrogens with one attached hydrogen (secondary N) is 2. The summed E-state index contributed by atoms with van der Waals surface area (Å²) >= 11 is 0. The van der Waals surface area contributed by atoms with Gasteiger partial charge in [-0.15, -0.1) is 6.58 Å². The largest absolute Gasteiger partial charge is 0.473 e. The summed E-state index contributed by atoms with van der Waals surface area (Å²) in [6, 6.07) is 8.08. The minimum Gasteiger partial charge on any atom is -0.473 e. The number of rotatable bonds is 7. The molecule has 0 unspecified atom stereocenters. The Kier molecular flexibility index (Phi) is 10.3. The molecule has 2 bridgehead atoms. The van der Waals surface area contributed by atoms with Crippen LogP contribution in [0.25, 0.3) is 10.8 Å². The van der Waals surface area contributed by atoms with Crippen LogP contribution in [0.2, 0.25) is 0 Å². The quantitative estimate of drug-likeness (QED) is 0.311. The number of ether oxygens (including phenoxy) is 2. The van der Waals surface area contributed by atoms with Crippen molar-refractivity contribution in [3.63, 3.8) is 0 Å². The SMILES string of the molecule is C=C[C@@H]1C[C@]1(NC(=O)[C@@H]1C[C@@H]2CN1C(=O)[C@H](C1CCCC1)CC(=O)O[C@@H]1CCC[C@H]1CCCCn1c(cc3ccccc3c1=O)O2)C(=O)NS(=O)(=O)C1CC1. The summed E-state index contributed by atoms with van der Waals surface area (Å²) in [5, 5.41) is 3.50. The second kappa shape index (κ2) is 15.0. The number of nitrogens with zero attached hydrogens (tertiary/aromatic N) is 2. The third-order valence-corrected chi connectivity index (χ3v) is 14.9. The van der Waals surface area contributed by atoms with Crippen LogP contribution in [0, 0.1) is 23.7 Å². The van der Waals surface area contributed by atoms with Crippen LogP contribution in [0.3, 0.4) is 0 Å². The molecule has 2 aromatic rings. The summed E-state index contributed by atoms with van der Waals surface area (Å²) in [5.41, 5.74) is -1.72. The lowest BCUT2D eigenvalue weighted by atomic mass is 9.86. The summed E-state index contributed by atoms with van der Waals surface area (Å²) in [6.07, 6.45) is 10.2. The lowest BCUT2D eigenvalue weighted by Crippen LogP contribution is -2.57. The van der Waals surface area contributed by atoms with E-state index in [9.17, 15) is 32.4 Å². The fourth-order valence-electron chi connectivity index (χ4n) is 9.74. The standard InChI is InChI=1S/C41H52N4O9S/c1-2-28-23-41(28,40(50)43-55(51,52)30-17-18-30)42-37(47)33-21-29-24-45(33)39(49)32(25-10-3-4-11-25)22-36(46)54-34-16-9-14-26(34)12-7-8-19-44-35(53-29)20-27-13-5-6-15-31(27)38(44)48/h2,5-6,13,15,20,25-26,28-30,32-34H,1,3-4,7-12,14,16-19,21-24H2,(H,42,47)(H,43,50)/t26-,28-,29-,32+,33+,34-,41-/m1/s1. The van der Waals surface area contributed by atoms with Crippen molar-refractivity contribution in [2.45, 2.75) is 132 Å². The number of esters is 1. The van der Waals surface area contributed by atoms with Crippen LogP contribution in [0.5, 0.6) is 5.88 Å². The van der Waals surface area contributed by atoms with Crippen molar-refractivity contribution in [1.82, 2.24) is 19.5 Å². The van der Waals surface area contributed by atoms with Crippen LogP contribution >= 0.6 is 0 Å². The van der Waals surface area contributed by atoms with E-state index in [0.29, 0.717) is 42.5 Å². The summed E-state index contributed by atoms with van der Waals surface area (Å²) in [5.74, 6) is -2.89. The molecule has 3 heterocycles. The van der Waals surface area contributed by atoms with Crippen LogP contribution in [0.4, 0.5) is 0 Å². The molecule has 3 amide bonds. The van der Waals surface area contributed by atoms with Gasteiger partial charge in [0.25, 0.3) is 11.5 Å². The molecule has 8 rings (SSSR count). The van der Waals surface area contributed by atoms with Crippen molar-refractivity contribution >= 4 is 44.5 Å². The number of carbonyl (C=O) groups is 4.